The van der Waals surface area contributed by atoms with Crippen LogP contribution >= 0.6 is 0 Å². The molecule has 2 aliphatic heterocycles. The predicted molar refractivity (Wildman–Crippen MR) is 149 cm³/mol. The van der Waals surface area contributed by atoms with E-state index in [1.165, 1.54) is 44.4 Å². The molecule has 4 aromatic rings. The molecular formula is C29H35N7. The highest BCUT2D eigenvalue weighted by atomic mass is 15.3. The average molecular weight is 482 g/mol. The number of aromatic nitrogens is 4. The maximum Gasteiger partial charge on any atom is 0.129 e. The van der Waals surface area contributed by atoms with Crippen molar-refractivity contribution in [3.05, 3.63) is 73.5 Å². The van der Waals surface area contributed by atoms with Gasteiger partial charge in [-0.3, -0.25) is 0 Å². The monoisotopic (exact) mass is 481 g/mol. The fraction of sp³-hybridized carbons (Fsp3) is 0.345. The van der Waals surface area contributed by atoms with E-state index in [-0.39, 0.29) is 0 Å². The van der Waals surface area contributed by atoms with Crippen molar-refractivity contribution >= 4 is 28.5 Å². The fourth-order valence-electron chi connectivity index (χ4n) is 5.14. The first-order valence-electron chi connectivity index (χ1n) is 12.5. The van der Waals surface area contributed by atoms with Crippen molar-refractivity contribution in [2.24, 2.45) is 12.5 Å². The molecule has 2 fully saturated rings. The van der Waals surface area contributed by atoms with Crippen molar-refractivity contribution in [2.75, 3.05) is 50.5 Å². The number of rotatable bonds is 4. The van der Waals surface area contributed by atoms with Crippen molar-refractivity contribution in [1.29, 1.82) is 0 Å². The summed E-state index contributed by atoms with van der Waals surface area (Å²) >= 11 is 0. The van der Waals surface area contributed by atoms with Crippen molar-refractivity contribution in [3.8, 4) is 11.3 Å². The van der Waals surface area contributed by atoms with Gasteiger partial charge >= 0.3 is 0 Å². The Morgan fingerprint density at radius 1 is 0.972 bits per heavy atom. The van der Waals surface area contributed by atoms with Gasteiger partial charge < -0.3 is 19.7 Å². The van der Waals surface area contributed by atoms with Crippen LogP contribution in [0.3, 0.4) is 0 Å². The molecule has 1 N–H and O–H groups in total. The molecule has 0 amide bonds. The van der Waals surface area contributed by atoms with Gasteiger partial charge in [0.15, 0.2) is 0 Å². The Hall–Kier alpha value is -3.71. The van der Waals surface area contributed by atoms with Crippen LogP contribution < -0.4 is 10.2 Å². The van der Waals surface area contributed by atoms with Gasteiger partial charge in [-0.2, -0.15) is 0 Å². The number of nitrogens with zero attached hydrogens (tertiary/aromatic N) is 6. The topological polar surface area (TPSA) is 62.1 Å². The molecular weight excluding hydrogens is 446 g/mol. The van der Waals surface area contributed by atoms with Gasteiger partial charge in [0.25, 0.3) is 0 Å². The van der Waals surface area contributed by atoms with Crippen LogP contribution in [0.25, 0.3) is 28.1 Å². The van der Waals surface area contributed by atoms with Gasteiger partial charge in [0.05, 0.1) is 18.2 Å². The number of aryl methyl sites for hydroxylation is 1. The lowest BCUT2D eigenvalue weighted by molar-refractivity contribution is 0.0900. The summed E-state index contributed by atoms with van der Waals surface area (Å²) in [4.78, 5) is 17.8. The molecule has 0 radical (unpaired) electrons. The first-order valence-corrected chi connectivity index (χ1v) is 12.5. The maximum atomic E-state index is 4.47. The van der Waals surface area contributed by atoms with Crippen molar-refractivity contribution in [3.63, 3.8) is 0 Å². The van der Waals surface area contributed by atoms with E-state index >= 15 is 0 Å². The molecule has 2 aliphatic rings. The molecule has 2 saturated heterocycles. The minimum atomic E-state index is 0.568. The number of hydrogen-bond donors (Lipinski definition) is 1. The summed E-state index contributed by atoms with van der Waals surface area (Å²) in [6.45, 7) is 8.65. The number of piperidine rings is 1. The molecule has 0 aliphatic carbocycles. The van der Waals surface area contributed by atoms with Gasteiger partial charge in [-0.15, -0.1) is 0 Å². The zero-order chi connectivity index (χ0) is 25.1. The normalized spacial score (nSPS) is 16.8. The van der Waals surface area contributed by atoms with Crippen LogP contribution in [0.5, 0.6) is 0 Å². The number of fused-ring (bicyclic) bond motifs is 1. The van der Waals surface area contributed by atoms with E-state index < -0.39 is 0 Å². The van der Waals surface area contributed by atoms with Crippen LogP contribution in [0.4, 0.5) is 11.6 Å². The Labute approximate surface area is 213 Å². The van der Waals surface area contributed by atoms with Crippen LogP contribution in [-0.4, -0.2) is 64.7 Å². The van der Waals surface area contributed by atoms with E-state index in [1.807, 2.05) is 55.7 Å². The van der Waals surface area contributed by atoms with Crippen LogP contribution in [-0.2, 0) is 7.05 Å². The average Bonchev–Trinajstić information content (AvgIpc) is 3.33. The van der Waals surface area contributed by atoms with E-state index in [0.29, 0.717) is 5.41 Å². The Morgan fingerprint density at radius 3 is 2.47 bits per heavy atom. The number of pyridine rings is 2. The molecule has 1 spiro atoms. The Balaban J connectivity index is 0.000000148. The molecule has 3 aromatic heterocycles. The van der Waals surface area contributed by atoms with E-state index in [0.717, 1.165) is 33.8 Å². The number of benzene rings is 1. The largest absolute Gasteiger partial charge is 0.373 e. The second kappa shape index (κ2) is 10.1. The smallest absolute Gasteiger partial charge is 0.129 e. The molecule has 7 heteroatoms. The van der Waals surface area contributed by atoms with Crippen molar-refractivity contribution < 1.29 is 0 Å². The molecule has 186 valence electrons. The maximum absolute atomic E-state index is 4.47. The third kappa shape index (κ3) is 4.97. The SMILES string of the molecule is C=Cc1ccnc(N2CC3(CCN(C)CC3)C2)c1.CNc1cc2cc(-c3cncn3C)ccc2cn1. The van der Waals surface area contributed by atoms with Crippen LogP contribution in [0.1, 0.15) is 18.4 Å². The lowest BCUT2D eigenvalue weighted by Gasteiger charge is -2.54. The van der Waals surface area contributed by atoms with Crippen LogP contribution in [0.2, 0.25) is 0 Å². The van der Waals surface area contributed by atoms with Crippen LogP contribution in [0, 0.1) is 5.41 Å². The lowest BCUT2D eigenvalue weighted by Crippen LogP contribution is -2.60. The number of hydrogen-bond acceptors (Lipinski definition) is 6. The summed E-state index contributed by atoms with van der Waals surface area (Å²) in [5.74, 6) is 1.99. The molecule has 7 nitrogen and oxygen atoms in total. The standard InChI is InChI=1S/C15H21N3.C14H14N4/c1-3-13-4-7-16-14(10-13)18-11-15(12-18)5-8-17(2)9-6-15;1-15-14-6-12-5-10(3-4-11(12)7-17-14)13-8-16-9-18(13)2/h3-4,7,10H,1,5-6,8-9,11-12H2,2H3;3-9H,1-2H3,(H,15,17). The second-order valence-corrected chi connectivity index (χ2v) is 10.1. The third-order valence-corrected chi connectivity index (χ3v) is 7.52. The summed E-state index contributed by atoms with van der Waals surface area (Å²) in [5, 5.41) is 5.37. The quantitative estimate of drug-likeness (QED) is 0.446. The predicted octanol–water partition coefficient (Wildman–Crippen LogP) is 4.93. The van der Waals surface area contributed by atoms with E-state index in [9.17, 15) is 0 Å². The summed E-state index contributed by atoms with van der Waals surface area (Å²) in [6.07, 6.45) is 12.0. The minimum Gasteiger partial charge on any atom is -0.373 e. The molecule has 6 rings (SSSR count). The zero-order valence-electron chi connectivity index (χ0n) is 21.5. The molecule has 5 heterocycles. The number of nitrogens with one attached hydrogen (secondary N) is 1. The van der Waals surface area contributed by atoms with Gasteiger partial charge in [0.1, 0.15) is 11.6 Å². The zero-order valence-corrected chi connectivity index (χ0v) is 21.5. The molecule has 1 aromatic carbocycles. The highest BCUT2D eigenvalue weighted by Crippen LogP contribution is 2.41. The van der Waals surface area contributed by atoms with Gasteiger partial charge in [-0.25, -0.2) is 15.0 Å². The number of likely N-dealkylation sites (tertiary alicyclic amines) is 1. The van der Waals surface area contributed by atoms with E-state index in [2.05, 4.69) is 74.0 Å². The highest BCUT2D eigenvalue weighted by molar-refractivity contribution is 5.88. The van der Waals surface area contributed by atoms with Crippen molar-refractivity contribution in [2.45, 2.75) is 12.8 Å². The summed E-state index contributed by atoms with van der Waals surface area (Å²) in [6, 6.07) is 12.5. The molecule has 0 saturated carbocycles. The second-order valence-electron chi connectivity index (χ2n) is 10.1. The number of anilines is 2. The Bertz CT molecular complexity index is 1340. The fourth-order valence-corrected chi connectivity index (χ4v) is 5.14. The molecule has 0 unspecified atom stereocenters. The minimum absolute atomic E-state index is 0.568. The Morgan fingerprint density at radius 2 is 1.78 bits per heavy atom. The molecule has 0 atom stereocenters. The molecule has 36 heavy (non-hydrogen) atoms. The van der Waals surface area contributed by atoms with E-state index in [4.69, 9.17) is 0 Å². The van der Waals surface area contributed by atoms with E-state index in [1.54, 1.807) is 0 Å². The first kappa shape index (κ1) is 24.0. The first-order chi connectivity index (χ1) is 17.5. The third-order valence-electron chi connectivity index (χ3n) is 7.52. The van der Waals surface area contributed by atoms with Gasteiger partial charge in [-0.05, 0) is 68.2 Å². The highest BCUT2D eigenvalue weighted by Gasteiger charge is 2.44. The molecule has 0 bridgehead atoms. The Kier molecular flexibility index (Phi) is 6.74. The summed E-state index contributed by atoms with van der Waals surface area (Å²) in [7, 11) is 6.09. The van der Waals surface area contributed by atoms with Gasteiger partial charge in [0, 0.05) is 55.9 Å². The summed E-state index contributed by atoms with van der Waals surface area (Å²) in [5.41, 5.74) is 4.00. The van der Waals surface area contributed by atoms with Gasteiger partial charge in [0.2, 0.25) is 0 Å². The number of imidazole rings is 1. The van der Waals surface area contributed by atoms with Crippen molar-refractivity contribution in [1.82, 2.24) is 24.4 Å². The van der Waals surface area contributed by atoms with Gasteiger partial charge in [-0.1, -0.05) is 24.8 Å². The lowest BCUT2D eigenvalue weighted by atomic mass is 9.72. The van der Waals surface area contributed by atoms with Crippen LogP contribution in [0.15, 0.2) is 67.9 Å². The summed E-state index contributed by atoms with van der Waals surface area (Å²) < 4.78 is 2.02.